The van der Waals surface area contributed by atoms with Crippen molar-refractivity contribution in [2.75, 3.05) is 40.3 Å². The molecule has 1 unspecified atom stereocenters. The second-order valence-corrected chi connectivity index (χ2v) is 4.51. The monoisotopic (exact) mass is 214 g/mol. The van der Waals surface area contributed by atoms with Gasteiger partial charge in [0.25, 0.3) is 0 Å². The van der Waals surface area contributed by atoms with Gasteiger partial charge in [-0.2, -0.15) is 0 Å². The minimum atomic E-state index is 0.195. The Kier molecular flexibility index (Phi) is 5.05. The highest BCUT2D eigenvalue weighted by atomic mass is 16.3. The second-order valence-electron chi connectivity index (χ2n) is 4.51. The van der Waals surface area contributed by atoms with Gasteiger partial charge in [0.1, 0.15) is 0 Å². The summed E-state index contributed by atoms with van der Waals surface area (Å²) in [4.78, 5) is 15.3. The fourth-order valence-corrected chi connectivity index (χ4v) is 2.01. The van der Waals surface area contributed by atoms with Gasteiger partial charge in [0.15, 0.2) is 0 Å². The fraction of sp³-hybridized carbons (Fsp3) is 0.909. The van der Waals surface area contributed by atoms with E-state index < -0.39 is 0 Å². The van der Waals surface area contributed by atoms with Crippen LogP contribution in [-0.2, 0) is 4.79 Å². The molecule has 0 aliphatic carbocycles. The van der Waals surface area contributed by atoms with Gasteiger partial charge in [-0.1, -0.05) is 0 Å². The molecule has 15 heavy (non-hydrogen) atoms. The first-order valence-corrected chi connectivity index (χ1v) is 5.67. The van der Waals surface area contributed by atoms with Crippen molar-refractivity contribution in [3.05, 3.63) is 0 Å². The molecule has 4 nitrogen and oxygen atoms in total. The molecule has 0 bridgehead atoms. The van der Waals surface area contributed by atoms with Crippen LogP contribution < -0.4 is 0 Å². The maximum Gasteiger partial charge on any atom is 0.223 e. The minimum Gasteiger partial charge on any atom is -0.396 e. The Hall–Kier alpha value is -0.610. The van der Waals surface area contributed by atoms with Gasteiger partial charge in [-0.05, 0) is 25.3 Å². The number of nitrogens with zero attached hydrogens (tertiary/aromatic N) is 2. The van der Waals surface area contributed by atoms with Crippen molar-refractivity contribution in [1.82, 2.24) is 9.80 Å². The Bertz CT molecular complexity index is 207. The lowest BCUT2D eigenvalue weighted by molar-refractivity contribution is -0.128. The van der Waals surface area contributed by atoms with Crippen LogP contribution in [0.15, 0.2) is 0 Å². The van der Waals surface area contributed by atoms with Gasteiger partial charge in [-0.15, -0.1) is 0 Å². The first-order valence-electron chi connectivity index (χ1n) is 5.67. The first-order chi connectivity index (χ1) is 7.13. The van der Waals surface area contributed by atoms with E-state index in [0.29, 0.717) is 12.3 Å². The predicted octanol–water partition coefficient (Wildman–Crippen LogP) is 0.169. The summed E-state index contributed by atoms with van der Waals surface area (Å²) >= 11 is 0. The molecule has 1 saturated heterocycles. The summed E-state index contributed by atoms with van der Waals surface area (Å²) in [5, 5.41) is 8.82. The van der Waals surface area contributed by atoms with Crippen LogP contribution in [0.3, 0.4) is 0 Å². The number of aliphatic hydroxyl groups excluding tert-OH is 1. The molecule has 1 aliphatic rings. The van der Waals surface area contributed by atoms with Crippen molar-refractivity contribution in [3.8, 4) is 0 Å². The third-order valence-electron chi connectivity index (χ3n) is 3.05. The molecule has 1 heterocycles. The van der Waals surface area contributed by atoms with E-state index in [1.165, 1.54) is 0 Å². The van der Waals surface area contributed by atoms with Gasteiger partial charge in [0, 0.05) is 40.2 Å². The Morgan fingerprint density at radius 3 is 2.87 bits per heavy atom. The Morgan fingerprint density at radius 1 is 1.53 bits per heavy atom. The average molecular weight is 214 g/mol. The van der Waals surface area contributed by atoms with Crippen molar-refractivity contribution in [1.29, 1.82) is 0 Å². The van der Waals surface area contributed by atoms with E-state index in [0.717, 1.165) is 32.5 Å². The summed E-state index contributed by atoms with van der Waals surface area (Å²) in [6.07, 6.45) is 2.67. The topological polar surface area (TPSA) is 43.8 Å². The zero-order valence-corrected chi connectivity index (χ0v) is 9.78. The number of carbonyl (C=O) groups excluding carboxylic acids is 1. The minimum absolute atomic E-state index is 0.195. The number of hydrogen-bond acceptors (Lipinski definition) is 3. The molecule has 0 spiro atoms. The van der Waals surface area contributed by atoms with Crippen LogP contribution in [-0.4, -0.2) is 61.2 Å². The van der Waals surface area contributed by atoms with Crippen molar-refractivity contribution in [2.24, 2.45) is 5.92 Å². The number of rotatable bonds is 5. The maximum absolute atomic E-state index is 11.4. The highest BCUT2D eigenvalue weighted by Crippen LogP contribution is 2.18. The third-order valence-corrected chi connectivity index (χ3v) is 3.05. The molecule has 0 aromatic rings. The van der Waals surface area contributed by atoms with Crippen molar-refractivity contribution < 1.29 is 9.90 Å². The quantitative estimate of drug-likeness (QED) is 0.709. The molecule has 1 fully saturated rings. The lowest BCUT2D eigenvalue weighted by Gasteiger charge is -2.17. The Morgan fingerprint density at radius 2 is 2.27 bits per heavy atom. The Balaban J connectivity index is 2.16. The van der Waals surface area contributed by atoms with E-state index in [4.69, 9.17) is 5.11 Å². The molecule has 1 amide bonds. The van der Waals surface area contributed by atoms with Gasteiger partial charge < -0.3 is 14.9 Å². The van der Waals surface area contributed by atoms with Gasteiger partial charge in [0.2, 0.25) is 5.91 Å². The number of carbonyl (C=O) groups is 1. The lowest BCUT2D eigenvalue weighted by atomic mass is 10.1. The zero-order chi connectivity index (χ0) is 11.3. The van der Waals surface area contributed by atoms with E-state index in [1.807, 2.05) is 0 Å². The van der Waals surface area contributed by atoms with E-state index in [9.17, 15) is 4.79 Å². The molecule has 0 aromatic heterocycles. The van der Waals surface area contributed by atoms with E-state index in [2.05, 4.69) is 4.90 Å². The highest BCUT2D eigenvalue weighted by Gasteiger charge is 2.22. The highest BCUT2D eigenvalue weighted by molar-refractivity contribution is 5.75. The number of hydrogen-bond donors (Lipinski definition) is 1. The summed E-state index contributed by atoms with van der Waals surface area (Å²) in [7, 11) is 3.59. The van der Waals surface area contributed by atoms with Crippen LogP contribution in [0.1, 0.15) is 19.3 Å². The summed E-state index contributed by atoms with van der Waals surface area (Å²) < 4.78 is 0. The van der Waals surface area contributed by atoms with Crippen molar-refractivity contribution in [2.45, 2.75) is 19.3 Å². The molecular formula is C11H22N2O2. The molecule has 1 rings (SSSR count). The molecule has 0 radical (unpaired) electrons. The number of aliphatic hydroxyl groups is 1. The van der Waals surface area contributed by atoms with Gasteiger partial charge in [0.05, 0.1) is 0 Å². The average Bonchev–Trinajstić information content (AvgIpc) is 2.62. The predicted molar refractivity (Wildman–Crippen MR) is 59.6 cm³/mol. The molecule has 1 atom stereocenters. The molecular weight excluding hydrogens is 192 g/mol. The summed E-state index contributed by atoms with van der Waals surface area (Å²) in [6.45, 7) is 3.26. The van der Waals surface area contributed by atoms with Crippen LogP contribution in [0, 0.1) is 5.92 Å². The van der Waals surface area contributed by atoms with Crippen LogP contribution in [0.2, 0.25) is 0 Å². The van der Waals surface area contributed by atoms with Gasteiger partial charge in [-0.3, -0.25) is 4.79 Å². The molecule has 0 saturated carbocycles. The number of amides is 1. The second kappa shape index (κ2) is 6.08. The molecule has 88 valence electrons. The first kappa shape index (κ1) is 12.5. The van der Waals surface area contributed by atoms with Gasteiger partial charge in [-0.25, -0.2) is 0 Å². The zero-order valence-electron chi connectivity index (χ0n) is 9.78. The van der Waals surface area contributed by atoms with Crippen molar-refractivity contribution >= 4 is 5.91 Å². The summed E-state index contributed by atoms with van der Waals surface area (Å²) in [5.41, 5.74) is 0. The molecule has 0 aromatic carbocycles. The maximum atomic E-state index is 11.4. The number of likely N-dealkylation sites (tertiary alicyclic amines) is 1. The standard InChI is InChI=1S/C11H22N2O2/c1-12(2)11(15)4-7-13-6-3-10(9-13)5-8-14/h10,14H,3-9H2,1-2H3. The summed E-state index contributed by atoms with van der Waals surface area (Å²) in [5.74, 6) is 0.824. The van der Waals surface area contributed by atoms with Crippen LogP contribution in [0.4, 0.5) is 0 Å². The van der Waals surface area contributed by atoms with Crippen molar-refractivity contribution in [3.63, 3.8) is 0 Å². The third kappa shape index (κ3) is 4.18. The normalized spacial score (nSPS) is 21.9. The van der Waals surface area contributed by atoms with Gasteiger partial charge >= 0.3 is 0 Å². The van der Waals surface area contributed by atoms with Crippen LogP contribution in [0.5, 0.6) is 0 Å². The van der Waals surface area contributed by atoms with Crippen LogP contribution >= 0.6 is 0 Å². The summed E-state index contributed by atoms with van der Waals surface area (Å²) in [6, 6.07) is 0. The lowest BCUT2D eigenvalue weighted by Crippen LogP contribution is -2.29. The van der Waals surface area contributed by atoms with E-state index in [-0.39, 0.29) is 12.5 Å². The smallest absolute Gasteiger partial charge is 0.223 e. The Labute approximate surface area is 91.9 Å². The largest absolute Gasteiger partial charge is 0.396 e. The van der Waals surface area contributed by atoms with Crippen LogP contribution in [0.25, 0.3) is 0 Å². The molecule has 1 N–H and O–H groups in total. The van der Waals surface area contributed by atoms with E-state index in [1.54, 1.807) is 19.0 Å². The van der Waals surface area contributed by atoms with E-state index >= 15 is 0 Å². The SMILES string of the molecule is CN(C)C(=O)CCN1CCC(CCO)C1. The fourth-order valence-electron chi connectivity index (χ4n) is 2.01. The molecule has 1 aliphatic heterocycles. The molecule has 4 heteroatoms.